The van der Waals surface area contributed by atoms with E-state index in [1.165, 1.54) is 0 Å². The molecule has 1 aromatic heterocycles. The quantitative estimate of drug-likeness (QED) is 0.629. The summed E-state index contributed by atoms with van der Waals surface area (Å²) < 4.78 is 0. The summed E-state index contributed by atoms with van der Waals surface area (Å²) in [5.41, 5.74) is 0.956. The predicted molar refractivity (Wildman–Crippen MR) is 74.3 cm³/mol. The summed E-state index contributed by atoms with van der Waals surface area (Å²) in [6, 6.07) is 0. The average Bonchev–Trinajstić information content (AvgIpc) is 2.71. The first-order valence-corrected chi connectivity index (χ1v) is 7.35. The van der Waals surface area contributed by atoms with Crippen LogP contribution in [0.1, 0.15) is 15.4 Å². The summed E-state index contributed by atoms with van der Waals surface area (Å²) >= 11 is 4.98. The van der Waals surface area contributed by atoms with E-state index in [2.05, 4.69) is 37.8 Å². The highest BCUT2D eigenvalue weighted by Crippen LogP contribution is 2.34. The van der Waals surface area contributed by atoms with Gasteiger partial charge in [-0.25, -0.2) is 4.98 Å². The fourth-order valence-electron chi connectivity index (χ4n) is 1.84. The minimum atomic E-state index is -0.221. The standard InChI is InChI=1S/C11H16BrN3OS/c1-8-10(9(12)7-16)17-11(13-8)15-5-3-14(2)4-6-15/h7,9H,3-6H2,1-2H3. The molecule has 1 aliphatic heterocycles. The van der Waals surface area contributed by atoms with Gasteiger partial charge in [-0.1, -0.05) is 15.9 Å². The number of alkyl halides is 1. The number of piperazine rings is 1. The largest absolute Gasteiger partial charge is 0.346 e. The molecule has 0 radical (unpaired) electrons. The summed E-state index contributed by atoms with van der Waals surface area (Å²) in [7, 11) is 2.14. The molecule has 1 aliphatic rings. The summed E-state index contributed by atoms with van der Waals surface area (Å²) in [6.45, 7) is 6.12. The number of hydrogen-bond donors (Lipinski definition) is 0. The van der Waals surface area contributed by atoms with Gasteiger partial charge in [0.25, 0.3) is 0 Å². The van der Waals surface area contributed by atoms with Crippen molar-refractivity contribution < 1.29 is 4.79 Å². The Labute approximate surface area is 114 Å². The van der Waals surface area contributed by atoms with E-state index in [0.29, 0.717) is 0 Å². The lowest BCUT2D eigenvalue weighted by Gasteiger charge is -2.32. The minimum absolute atomic E-state index is 0.221. The summed E-state index contributed by atoms with van der Waals surface area (Å²) in [5, 5.41) is 1.04. The average molecular weight is 318 g/mol. The zero-order chi connectivity index (χ0) is 12.4. The lowest BCUT2D eigenvalue weighted by Crippen LogP contribution is -2.44. The normalized spacial score (nSPS) is 19.4. The molecule has 17 heavy (non-hydrogen) atoms. The Bertz CT molecular complexity index is 401. The third-order valence-corrected chi connectivity index (χ3v) is 5.24. The highest BCUT2D eigenvalue weighted by Gasteiger charge is 2.21. The number of carbonyl (C=O) groups is 1. The zero-order valence-electron chi connectivity index (χ0n) is 10.0. The monoisotopic (exact) mass is 317 g/mol. The second-order valence-corrected chi connectivity index (χ2v) is 6.27. The molecule has 0 aromatic carbocycles. The van der Waals surface area contributed by atoms with Gasteiger partial charge in [-0.05, 0) is 14.0 Å². The number of aryl methyl sites for hydroxylation is 1. The Kier molecular flexibility index (Phi) is 4.17. The van der Waals surface area contributed by atoms with E-state index >= 15 is 0 Å². The van der Waals surface area contributed by atoms with Crippen LogP contribution >= 0.6 is 27.3 Å². The molecule has 1 unspecified atom stereocenters. The van der Waals surface area contributed by atoms with Gasteiger partial charge in [0.2, 0.25) is 0 Å². The van der Waals surface area contributed by atoms with Gasteiger partial charge < -0.3 is 14.6 Å². The van der Waals surface area contributed by atoms with Gasteiger partial charge in [0.1, 0.15) is 11.1 Å². The van der Waals surface area contributed by atoms with Crippen LogP contribution in [-0.4, -0.2) is 49.4 Å². The molecule has 1 fully saturated rings. The molecule has 2 rings (SSSR count). The third-order valence-electron chi connectivity index (χ3n) is 2.96. The Morgan fingerprint density at radius 2 is 2.06 bits per heavy atom. The van der Waals surface area contributed by atoms with Crippen LogP contribution < -0.4 is 4.90 Å². The number of aldehydes is 1. The Morgan fingerprint density at radius 1 is 1.41 bits per heavy atom. The maximum atomic E-state index is 10.8. The number of nitrogens with zero attached hydrogens (tertiary/aromatic N) is 3. The van der Waals surface area contributed by atoms with Gasteiger partial charge in [-0.2, -0.15) is 0 Å². The molecule has 2 heterocycles. The van der Waals surface area contributed by atoms with Crippen LogP contribution in [0.4, 0.5) is 5.13 Å². The van der Waals surface area contributed by atoms with Crippen molar-refractivity contribution in [1.82, 2.24) is 9.88 Å². The third kappa shape index (κ3) is 2.86. The molecule has 94 valence electrons. The maximum Gasteiger partial charge on any atom is 0.185 e. The summed E-state index contributed by atoms with van der Waals surface area (Å²) in [5.74, 6) is 0. The maximum absolute atomic E-state index is 10.8. The Hall–Kier alpha value is -0.460. The molecule has 0 saturated carbocycles. The van der Waals surface area contributed by atoms with Crippen LogP contribution in [0.3, 0.4) is 0 Å². The lowest BCUT2D eigenvalue weighted by molar-refractivity contribution is -0.107. The first kappa shape index (κ1) is 13.0. The topological polar surface area (TPSA) is 36.4 Å². The molecule has 4 nitrogen and oxygen atoms in total. The molecule has 1 atom stereocenters. The van der Waals surface area contributed by atoms with Crippen molar-refractivity contribution in [3.8, 4) is 0 Å². The lowest BCUT2D eigenvalue weighted by atomic mass is 10.3. The van der Waals surface area contributed by atoms with Crippen LogP contribution in [0.2, 0.25) is 0 Å². The van der Waals surface area contributed by atoms with Crippen molar-refractivity contribution in [1.29, 1.82) is 0 Å². The van der Waals surface area contributed by atoms with Gasteiger partial charge in [-0.3, -0.25) is 0 Å². The number of rotatable bonds is 3. The number of aromatic nitrogens is 1. The number of thiazole rings is 1. The van der Waals surface area contributed by atoms with Crippen LogP contribution in [0.5, 0.6) is 0 Å². The fourth-order valence-corrected chi connectivity index (χ4v) is 3.51. The molecular weight excluding hydrogens is 302 g/mol. The molecule has 0 spiro atoms. The van der Waals surface area contributed by atoms with E-state index < -0.39 is 0 Å². The van der Waals surface area contributed by atoms with Crippen molar-refractivity contribution in [2.75, 3.05) is 38.1 Å². The van der Waals surface area contributed by atoms with E-state index in [1.54, 1.807) is 11.3 Å². The molecule has 1 aromatic rings. The first-order chi connectivity index (χ1) is 8.11. The SMILES string of the molecule is Cc1nc(N2CCN(C)CC2)sc1C(Br)C=O. The molecule has 1 saturated heterocycles. The fraction of sp³-hybridized carbons (Fsp3) is 0.636. The molecule has 0 N–H and O–H groups in total. The van der Waals surface area contributed by atoms with E-state index in [4.69, 9.17) is 0 Å². The van der Waals surface area contributed by atoms with E-state index in [1.807, 2.05) is 6.92 Å². The first-order valence-electron chi connectivity index (χ1n) is 5.62. The van der Waals surface area contributed by atoms with Crippen LogP contribution in [-0.2, 0) is 4.79 Å². The number of halogens is 1. The van der Waals surface area contributed by atoms with Gasteiger partial charge >= 0.3 is 0 Å². The molecule has 0 amide bonds. The smallest absolute Gasteiger partial charge is 0.185 e. The van der Waals surface area contributed by atoms with Crippen molar-refractivity contribution >= 4 is 38.7 Å². The van der Waals surface area contributed by atoms with Crippen LogP contribution in [0.15, 0.2) is 0 Å². The Balaban J connectivity index is 2.14. The number of anilines is 1. The molecular formula is C11H16BrN3OS. The minimum Gasteiger partial charge on any atom is -0.346 e. The van der Waals surface area contributed by atoms with Gasteiger partial charge in [0.05, 0.1) is 10.6 Å². The molecule has 0 bridgehead atoms. The highest BCUT2D eigenvalue weighted by atomic mass is 79.9. The summed E-state index contributed by atoms with van der Waals surface area (Å²) in [4.78, 5) is 20.8. The summed E-state index contributed by atoms with van der Waals surface area (Å²) in [6.07, 6.45) is 0.911. The second kappa shape index (κ2) is 5.46. The van der Waals surface area contributed by atoms with Crippen LogP contribution in [0, 0.1) is 6.92 Å². The predicted octanol–water partition coefficient (Wildman–Crippen LogP) is 1.84. The molecule has 6 heteroatoms. The Morgan fingerprint density at radius 3 is 2.65 bits per heavy atom. The van der Waals surface area contributed by atoms with E-state index in [-0.39, 0.29) is 4.83 Å². The van der Waals surface area contributed by atoms with Crippen molar-refractivity contribution in [2.24, 2.45) is 0 Å². The second-order valence-electron chi connectivity index (χ2n) is 4.27. The van der Waals surface area contributed by atoms with Crippen LogP contribution in [0.25, 0.3) is 0 Å². The molecule has 0 aliphatic carbocycles. The van der Waals surface area contributed by atoms with E-state index in [0.717, 1.165) is 48.2 Å². The van der Waals surface area contributed by atoms with Gasteiger partial charge in [0.15, 0.2) is 5.13 Å². The highest BCUT2D eigenvalue weighted by molar-refractivity contribution is 9.09. The number of likely N-dealkylation sites (N-methyl/N-ethyl adjacent to an activating group) is 1. The van der Waals surface area contributed by atoms with Crippen molar-refractivity contribution in [2.45, 2.75) is 11.8 Å². The van der Waals surface area contributed by atoms with Gasteiger partial charge in [-0.15, -0.1) is 11.3 Å². The van der Waals surface area contributed by atoms with Gasteiger partial charge in [0, 0.05) is 26.2 Å². The van der Waals surface area contributed by atoms with Crippen molar-refractivity contribution in [3.05, 3.63) is 10.6 Å². The zero-order valence-corrected chi connectivity index (χ0v) is 12.4. The van der Waals surface area contributed by atoms with E-state index in [9.17, 15) is 4.79 Å². The number of carbonyl (C=O) groups excluding carboxylic acids is 1. The van der Waals surface area contributed by atoms with Crippen molar-refractivity contribution in [3.63, 3.8) is 0 Å². The number of hydrogen-bond acceptors (Lipinski definition) is 5.